The van der Waals surface area contributed by atoms with Crippen LogP contribution < -0.4 is 10.6 Å². The van der Waals surface area contributed by atoms with Crippen molar-refractivity contribution in [3.8, 4) is 0 Å². The first-order valence-electron chi connectivity index (χ1n) is 9.93. The molecule has 2 aliphatic rings. The molecule has 0 radical (unpaired) electrons. The molecule has 0 aliphatic carbocycles. The maximum Gasteiger partial charge on any atom is 0.0918 e. The molecule has 5 nitrogen and oxygen atoms in total. The Balaban J connectivity index is 1.69. The van der Waals surface area contributed by atoms with Crippen LogP contribution in [0.4, 0.5) is 5.69 Å². The van der Waals surface area contributed by atoms with Gasteiger partial charge in [0.2, 0.25) is 0 Å². The van der Waals surface area contributed by atoms with Gasteiger partial charge in [0.25, 0.3) is 0 Å². The average Bonchev–Trinajstić information content (AvgIpc) is 3.33. The number of hydrogen-bond acceptors (Lipinski definition) is 4. The van der Waals surface area contributed by atoms with E-state index < -0.39 is 0 Å². The third-order valence-corrected chi connectivity index (χ3v) is 5.77. The van der Waals surface area contributed by atoms with E-state index in [1.54, 1.807) is 0 Å². The van der Waals surface area contributed by atoms with Crippen molar-refractivity contribution in [3.63, 3.8) is 0 Å². The predicted molar refractivity (Wildman–Crippen MR) is 120 cm³/mol. The molecule has 1 aromatic carbocycles. The van der Waals surface area contributed by atoms with E-state index in [-0.39, 0.29) is 6.04 Å². The van der Waals surface area contributed by atoms with Crippen molar-refractivity contribution in [1.29, 1.82) is 0 Å². The molecule has 0 amide bonds. The Kier molecular flexibility index (Phi) is 5.69. The molecule has 4 rings (SSSR count). The van der Waals surface area contributed by atoms with E-state index in [9.17, 15) is 0 Å². The summed E-state index contributed by atoms with van der Waals surface area (Å²) in [5.41, 5.74) is 7.69. The molecule has 2 aromatic rings. The van der Waals surface area contributed by atoms with E-state index in [0.29, 0.717) is 0 Å². The largest absolute Gasteiger partial charge is 0.378 e. The number of benzene rings is 1. The molecule has 0 saturated heterocycles. The lowest BCUT2D eigenvalue weighted by molar-refractivity contribution is 0.548. The highest BCUT2D eigenvalue weighted by atomic mass is 35.5. The highest BCUT2D eigenvalue weighted by molar-refractivity contribution is 6.30. The lowest BCUT2D eigenvalue weighted by Gasteiger charge is -2.21. The number of halogens is 1. The minimum atomic E-state index is 0.0851. The second-order valence-corrected chi connectivity index (χ2v) is 7.99. The molecule has 0 fully saturated rings. The van der Waals surface area contributed by atoms with Crippen molar-refractivity contribution in [1.82, 2.24) is 20.3 Å². The van der Waals surface area contributed by atoms with Crippen LogP contribution >= 0.6 is 11.6 Å². The zero-order chi connectivity index (χ0) is 20.4. The summed E-state index contributed by atoms with van der Waals surface area (Å²) in [5, 5.41) is 16.3. The van der Waals surface area contributed by atoms with Crippen molar-refractivity contribution in [2.45, 2.75) is 32.9 Å². The van der Waals surface area contributed by atoms with Gasteiger partial charge in [-0.1, -0.05) is 47.7 Å². The van der Waals surface area contributed by atoms with Crippen LogP contribution in [-0.4, -0.2) is 34.1 Å². The molecular formula is C23H26ClN5. The van der Waals surface area contributed by atoms with E-state index in [0.717, 1.165) is 59.3 Å². The van der Waals surface area contributed by atoms with E-state index in [4.69, 9.17) is 11.6 Å². The molecule has 1 aromatic heterocycles. The average molecular weight is 408 g/mol. The van der Waals surface area contributed by atoms with E-state index in [1.807, 2.05) is 35.9 Å². The van der Waals surface area contributed by atoms with Crippen molar-refractivity contribution < 1.29 is 0 Å². The molecule has 0 bridgehead atoms. The van der Waals surface area contributed by atoms with Gasteiger partial charge in [-0.05, 0) is 55.2 Å². The van der Waals surface area contributed by atoms with Gasteiger partial charge < -0.3 is 10.6 Å². The normalized spacial score (nSPS) is 21.1. The summed E-state index contributed by atoms with van der Waals surface area (Å²) >= 11 is 6.17. The van der Waals surface area contributed by atoms with Crippen LogP contribution in [0.1, 0.15) is 24.7 Å². The Morgan fingerprint density at radius 2 is 2.28 bits per heavy atom. The van der Waals surface area contributed by atoms with Crippen molar-refractivity contribution in [2.24, 2.45) is 0 Å². The summed E-state index contributed by atoms with van der Waals surface area (Å²) in [6.07, 6.45) is 7.46. The molecule has 1 atom stereocenters. The number of nitrogens with one attached hydrogen (secondary N) is 2. The molecule has 3 heterocycles. The van der Waals surface area contributed by atoms with Gasteiger partial charge in [0.05, 0.1) is 17.4 Å². The zero-order valence-electron chi connectivity index (χ0n) is 16.9. The predicted octanol–water partition coefficient (Wildman–Crippen LogP) is 4.54. The molecule has 150 valence electrons. The van der Waals surface area contributed by atoms with Crippen LogP contribution in [-0.2, 0) is 6.54 Å². The fourth-order valence-corrected chi connectivity index (χ4v) is 4.06. The van der Waals surface area contributed by atoms with Crippen molar-refractivity contribution >= 4 is 22.9 Å². The monoisotopic (exact) mass is 407 g/mol. The highest BCUT2D eigenvalue weighted by Crippen LogP contribution is 2.33. The molecule has 0 saturated carbocycles. The SMILES string of the molecule is C=C1/C(=C\C=C(/C)C2=CCNC2)c2c(C)nnn2CCC1Nc1cccc(Cl)c1. The Bertz CT molecular complexity index is 1030. The Morgan fingerprint density at radius 1 is 1.41 bits per heavy atom. The lowest BCUT2D eigenvalue weighted by atomic mass is 9.94. The van der Waals surface area contributed by atoms with Gasteiger partial charge in [-0.15, -0.1) is 5.10 Å². The fourth-order valence-electron chi connectivity index (χ4n) is 3.87. The maximum atomic E-state index is 6.17. The van der Waals surface area contributed by atoms with E-state index in [1.165, 1.54) is 11.1 Å². The number of nitrogens with zero attached hydrogens (tertiary/aromatic N) is 3. The smallest absolute Gasteiger partial charge is 0.0918 e. The molecule has 2 aliphatic heterocycles. The molecule has 6 heteroatoms. The van der Waals surface area contributed by atoms with Crippen LogP contribution in [0.15, 0.2) is 65.8 Å². The van der Waals surface area contributed by atoms with Crippen LogP contribution in [0.25, 0.3) is 5.57 Å². The van der Waals surface area contributed by atoms with E-state index in [2.05, 4.69) is 52.7 Å². The van der Waals surface area contributed by atoms with Crippen LogP contribution in [0.3, 0.4) is 0 Å². The fraction of sp³-hybridized carbons (Fsp3) is 0.304. The lowest BCUT2D eigenvalue weighted by Crippen LogP contribution is -2.22. The maximum absolute atomic E-state index is 6.17. The summed E-state index contributed by atoms with van der Waals surface area (Å²) in [4.78, 5) is 0. The number of aromatic nitrogens is 3. The Labute approximate surface area is 176 Å². The van der Waals surface area contributed by atoms with Gasteiger partial charge in [0.1, 0.15) is 0 Å². The second-order valence-electron chi connectivity index (χ2n) is 7.56. The van der Waals surface area contributed by atoms with Gasteiger partial charge in [-0.3, -0.25) is 0 Å². The van der Waals surface area contributed by atoms with Gasteiger partial charge in [0.15, 0.2) is 0 Å². The first-order chi connectivity index (χ1) is 14.0. The van der Waals surface area contributed by atoms with Crippen LogP contribution in [0, 0.1) is 6.92 Å². The topological polar surface area (TPSA) is 54.8 Å². The van der Waals surface area contributed by atoms with Crippen LogP contribution in [0.5, 0.6) is 0 Å². The number of rotatable bonds is 4. The number of aryl methyl sites for hydroxylation is 2. The van der Waals surface area contributed by atoms with Crippen LogP contribution in [0.2, 0.25) is 5.02 Å². The zero-order valence-corrected chi connectivity index (χ0v) is 17.6. The summed E-state index contributed by atoms with van der Waals surface area (Å²) in [7, 11) is 0. The van der Waals surface area contributed by atoms with Gasteiger partial charge >= 0.3 is 0 Å². The third-order valence-electron chi connectivity index (χ3n) is 5.54. The van der Waals surface area contributed by atoms with E-state index >= 15 is 0 Å². The van der Waals surface area contributed by atoms with Crippen molar-refractivity contribution in [3.05, 3.63) is 82.2 Å². The number of anilines is 1. The summed E-state index contributed by atoms with van der Waals surface area (Å²) in [5.74, 6) is 0. The first-order valence-corrected chi connectivity index (χ1v) is 10.3. The quantitative estimate of drug-likeness (QED) is 0.781. The number of fused-ring (bicyclic) bond motifs is 1. The highest BCUT2D eigenvalue weighted by Gasteiger charge is 2.26. The standard InChI is InChI=1S/C23H26ClN5/c1-15(18-9-11-25-14-18)7-8-21-16(2)22(26-20-6-4-5-19(24)13-20)10-12-29-23(21)17(3)27-28-29/h4-9,13,22,25-26H,2,10-12,14H2,1,3H3/b15-7+,21-8+. The van der Waals surface area contributed by atoms with Gasteiger partial charge in [-0.25, -0.2) is 4.68 Å². The summed E-state index contributed by atoms with van der Waals surface area (Å²) < 4.78 is 1.99. The Hall–Kier alpha value is -2.63. The molecule has 0 spiro atoms. The summed E-state index contributed by atoms with van der Waals surface area (Å²) in [6.45, 7) is 11.3. The minimum Gasteiger partial charge on any atom is -0.378 e. The summed E-state index contributed by atoms with van der Waals surface area (Å²) in [6, 6.07) is 7.89. The molecule has 29 heavy (non-hydrogen) atoms. The number of allylic oxidation sites excluding steroid dienone is 2. The minimum absolute atomic E-state index is 0.0851. The number of hydrogen-bond donors (Lipinski definition) is 2. The molecule has 1 unspecified atom stereocenters. The second kappa shape index (κ2) is 8.39. The molecule has 2 N–H and O–H groups in total. The van der Waals surface area contributed by atoms with Gasteiger partial charge in [0, 0.05) is 35.9 Å². The molecular weight excluding hydrogens is 382 g/mol. The third kappa shape index (κ3) is 4.21. The van der Waals surface area contributed by atoms with Crippen molar-refractivity contribution in [2.75, 3.05) is 18.4 Å². The Morgan fingerprint density at radius 3 is 3.03 bits per heavy atom. The van der Waals surface area contributed by atoms with Gasteiger partial charge in [-0.2, -0.15) is 0 Å². The first kappa shape index (κ1) is 19.7.